The zero-order chi connectivity index (χ0) is 25.9. The number of nitrogens with one attached hydrogen (secondary N) is 2. The van der Waals surface area contributed by atoms with Gasteiger partial charge in [0.2, 0.25) is 0 Å². The highest BCUT2D eigenvalue weighted by atomic mass is 35.5. The molecule has 2 aromatic heterocycles. The molecule has 3 heterocycles. The largest absolute Gasteiger partial charge is 0.486 e. The molecule has 0 unspecified atom stereocenters. The van der Waals surface area contributed by atoms with Crippen LogP contribution in [-0.4, -0.2) is 52.2 Å². The van der Waals surface area contributed by atoms with E-state index in [0.29, 0.717) is 56.7 Å². The summed E-state index contributed by atoms with van der Waals surface area (Å²) in [7, 11) is 0. The maximum Gasteiger partial charge on any atom is 0.253 e. The molecule has 1 amide bonds. The molecule has 4 aromatic rings. The number of aromatic nitrogens is 3. The number of halogens is 3. The zero-order valence-corrected chi connectivity index (χ0v) is 21.5. The van der Waals surface area contributed by atoms with Gasteiger partial charge >= 0.3 is 0 Å². The van der Waals surface area contributed by atoms with Gasteiger partial charge in [-0.2, -0.15) is 5.10 Å². The highest BCUT2D eigenvalue weighted by molar-refractivity contribution is 6.35. The molecule has 0 bridgehead atoms. The van der Waals surface area contributed by atoms with Crippen LogP contribution in [0.4, 0.5) is 4.39 Å². The third-order valence-corrected chi connectivity index (χ3v) is 6.85. The van der Waals surface area contributed by atoms with Gasteiger partial charge in [-0.05, 0) is 37.3 Å². The first kappa shape index (κ1) is 25.2. The van der Waals surface area contributed by atoms with Gasteiger partial charge in [-0.1, -0.05) is 35.3 Å². The average Bonchev–Trinajstić information content (AvgIpc) is 3.30. The topological polar surface area (TPSA) is 83.1 Å². The normalized spacial score (nSPS) is 15.1. The summed E-state index contributed by atoms with van der Waals surface area (Å²) in [6.07, 6.45) is 3.95. The Labute approximate surface area is 223 Å². The Kier molecular flexibility index (Phi) is 7.41. The van der Waals surface area contributed by atoms with Crippen molar-refractivity contribution >= 4 is 51.9 Å². The summed E-state index contributed by atoms with van der Waals surface area (Å²) in [6.45, 7) is 4.71. The van der Waals surface area contributed by atoms with Gasteiger partial charge in [-0.3, -0.25) is 14.9 Å². The van der Waals surface area contributed by atoms with Gasteiger partial charge in [0, 0.05) is 66.7 Å². The number of rotatable bonds is 6. The van der Waals surface area contributed by atoms with Crippen LogP contribution in [0, 0.1) is 0 Å². The molecule has 5 rings (SSSR count). The Hall–Kier alpha value is -3.46. The van der Waals surface area contributed by atoms with Gasteiger partial charge in [0.15, 0.2) is 0 Å². The molecule has 2 aromatic carbocycles. The number of carbonyl (C=O) groups excluding carboxylic acids is 1. The van der Waals surface area contributed by atoms with E-state index in [4.69, 9.17) is 27.9 Å². The molecule has 1 saturated heterocycles. The number of amides is 1. The van der Waals surface area contributed by atoms with E-state index in [1.165, 1.54) is 18.5 Å². The molecule has 1 atom stereocenters. The number of H-pyrrole nitrogens is 1. The van der Waals surface area contributed by atoms with Gasteiger partial charge < -0.3 is 15.0 Å². The molecular formula is C27H24Cl2FN5O2. The van der Waals surface area contributed by atoms with Crippen molar-refractivity contribution in [2.75, 3.05) is 26.2 Å². The van der Waals surface area contributed by atoms with E-state index >= 15 is 4.39 Å². The minimum absolute atomic E-state index is 0.0492. The average molecular weight is 540 g/mol. The summed E-state index contributed by atoms with van der Waals surface area (Å²) in [5.74, 6) is 0.0348. The quantitative estimate of drug-likeness (QED) is 0.318. The summed E-state index contributed by atoms with van der Waals surface area (Å²) in [5.41, 5.74) is 2.68. The number of piperazine rings is 1. The molecule has 2 N–H and O–H groups in total. The van der Waals surface area contributed by atoms with Crippen LogP contribution in [0.5, 0.6) is 5.75 Å². The number of benzene rings is 2. The second kappa shape index (κ2) is 10.9. The fraction of sp³-hybridized carbons (Fsp3) is 0.222. The number of aromatic amines is 1. The molecule has 7 nitrogen and oxygen atoms in total. The van der Waals surface area contributed by atoms with E-state index in [-0.39, 0.29) is 5.91 Å². The Bertz CT molecular complexity index is 1450. The van der Waals surface area contributed by atoms with E-state index in [2.05, 4.69) is 20.5 Å². The third-order valence-electron chi connectivity index (χ3n) is 6.25. The van der Waals surface area contributed by atoms with Crippen LogP contribution >= 0.6 is 23.2 Å². The Morgan fingerprint density at radius 3 is 2.46 bits per heavy atom. The second-order valence-electron chi connectivity index (χ2n) is 8.70. The number of ether oxygens (including phenoxy) is 1. The molecule has 0 radical (unpaired) electrons. The van der Waals surface area contributed by atoms with E-state index in [1.54, 1.807) is 41.3 Å². The van der Waals surface area contributed by atoms with Crippen molar-refractivity contribution in [2.45, 2.75) is 13.0 Å². The van der Waals surface area contributed by atoms with Crippen molar-refractivity contribution in [2.24, 2.45) is 0 Å². The van der Waals surface area contributed by atoms with E-state index in [1.807, 2.05) is 13.0 Å². The second-order valence-corrected chi connectivity index (χ2v) is 9.52. The molecule has 10 heteroatoms. The fourth-order valence-corrected chi connectivity index (χ4v) is 4.97. The molecular weight excluding hydrogens is 516 g/mol. The van der Waals surface area contributed by atoms with Gasteiger partial charge in [0.05, 0.1) is 21.3 Å². The standard InChI is InChI=1S/C27H24Cl2FN5O2/c1-16(26-21(28)14-32-15-22(26)29)37-19-6-7-24-20(12-19)25(34-33-24)13-23(30)17-2-4-18(5-3-17)27(36)35-10-8-31-9-11-35/h2-7,12-16,31H,8-11H2,1H3,(H,33,34)/b23-13-/t16-/m1/s1. The minimum atomic E-state index is -0.468. The molecule has 0 saturated carbocycles. The van der Waals surface area contributed by atoms with E-state index < -0.39 is 11.9 Å². The highest BCUT2D eigenvalue weighted by Gasteiger charge is 2.19. The first-order chi connectivity index (χ1) is 17.9. The number of pyridine rings is 1. The summed E-state index contributed by atoms with van der Waals surface area (Å²) in [6, 6.07) is 11.9. The van der Waals surface area contributed by atoms with Crippen molar-refractivity contribution in [1.29, 1.82) is 0 Å². The Morgan fingerprint density at radius 1 is 1.08 bits per heavy atom. The lowest BCUT2D eigenvalue weighted by Crippen LogP contribution is -2.46. The van der Waals surface area contributed by atoms with E-state index in [9.17, 15) is 4.79 Å². The van der Waals surface area contributed by atoms with E-state index in [0.717, 1.165) is 18.6 Å². The van der Waals surface area contributed by atoms with Crippen LogP contribution in [0.2, 0.25) is 10.0 Å². The number of nitrogens with zero attached hydrogens (tertiary/aromatic N) is 3. The van der Waals surface area contributed by atoms with Gasteiger partial charge in [-0.25, -0.2) is 4.39 Å². The van der Waals surface area contributed by atoms with Crippen molar-refractivity contribution in [3.63, 3.8) is 0 Å². The van der Waals surface area contributed by atoms with Crippen molar-refractivity contribution in [1.82, 2.24) is 25.4 Å². The summed E-state index contributed by atoms with van der Waals surface area (Å²) in [5, 5.41) is 11.9. The Balaban J connectivity index is 1.35. The minimum Gasteiger partial charge on any atom is -0.486 e. The summed E-state index contributed by atoms with van der Waals surface area (Å²) >= 11 is 12.5. The predicted octanol–water partition coefficient (Wildman–Crippen LogP) is 5.92. The van der Waals surface area contributed by atoms with Crippen LogP contribution < -0.4 is 10.1 Å². The molecule has 0 spiro atoms. The molecule has 1 aliphatic heterocycles. The van der Waals surface area contributed by atoms with Crippen molar-refractivity contribution < 1.29 is 13.9 Å². The molecule has 1 fully saturated rings. The van der Waals surface area contributed by atoms with Gasteiger partial charge in [0.1, 0.15) is 17.7 Å². The first-order valence-corrected chi connectivity index (χ1v) is 12.6. The van der Waals surface area contributed by atoms with Gasteiger partial charge in [-0.15, -0.1) is 0 Å². The first-order valence-electron chi connectivity index (χ1n) is 11.8. The highest BCUT2D eigenvalue weighted by Crippen LogP contribution is 2.34. The molecule has 37 heavy (non-hydrogen) atoms. The number of fused-ring (bicyclic) bond motifs is 1. The SMILES string of the molecule is C[C@@H](Oc1ccc2[nH]nc(/C=C(\F)c3ccc(C(=O)N4CCNCC4)cc3)c2c1)c1c(Cl)cncc1Cl. The zero-order valence-electron chi connectivity index (χ0n) is 20.0. The van der Waals surface area contributed by atoms with Crippen molar-refractivity contribution in [3.05, 3.63) is 87.3 Å². The maximum atomic E-state index is 15.2. The van der Waals surface area contributed by atoms with Crippen molar-refractivity contribution in [3.8, 4) is 5.75 Å². The lowest BCUT2D eigenvalue weighted by Gasteiger charge is -2.27. The predicted molar refractivity (Wildman–Crippen MR) is 144 cm³/mol. The number of hydrogen-bond donors (Lipinski definition) is 2. The summed E-state index contributed by atoms with van der Waals surface area (Å²) in [4.78, 5) is 18.4. The summed E-state index contributed by atoms with van der Waals surface area (Å²) < 4.78 is 21.2. The van der Waals surface area contributed by atoms with Crippen LogP contribution in [-0.2, 0) is 0 Å². The van der Waals surface area contributed by atoms with Crippen LogP contribution in [0.3, 0.4) is 0 Å². The smallest absolute Gasteiger partial charge is 0.253 e. The Morgan fingerprint density at radius 2 is 1.76 bits per heavy atom. The molecule has 190 valence electrons. The number of carbonyl (C=O) groups is 1. The lowest BCUT2D eigenvalue weighted by atomic mass is 10.1. The maximum absolute atomic E-state index is 15.2. The fourth-order valence-electron chi connectivity index (χ4n) is 4.30. The van der Waals surface area contributed by atoms with Crippen LogP contribution in [0.1, 0.15) is 40.2 Å². The number of hydrogen-bond acceptors (Lipinski definition) is 5. The van der Waals surface area contributed by atoms with Gasteiger partial charge in [0.25, 0.3) is 5.91 Å². The van der Waals surface area contributed by atoms with Crippen LogP contribution in [0.15, 0.2) is 54.9 Å². The monoisotopic (exact) mass is 539 g/mol. The lowest BCUT2D eigenvalue weighted by molar-refractivity contribution is 0.0736. The molecule has 1 aliphatic rings. The third kappa shape index (κ3) is 5.46. The van der Waals surface area contributed by atoms with Crippen LogP contribution in [0.25, 0.3) is 22.8 Å². The molecule has 0 aliphatic carbocycles.